The second kappa shape index (κ2) is 5.26. The minimum absolute atomic E-state index is 0.644. The van der Waals surface area contributed by atoms with Crippen LogP contribution in [0.15, 0.2) is 0 Å². The lowest BCUT2D eigenvalue weighted by Crippen LogP contribution is -2.54. The van der Waals surface area contributed by atoms with Gasteiger partial charge in [0.2, 0.25) is 0 Å². The fraction of sp³-hybridized carbons (Fsp3) is 1.00. The Bertz CT molecular complexity index is 384. The molecule has 0 amide bonds. The summed E-state index contributed by atoms with van der Waals surface area (Å²) in [6.07, 6.45) is -10.9. The molecule has 1 rings (SSSR count). The van der Waals surface area contributed by atoms with Crippen molar-refractivity contribution in [2.45, 2.75) is 64.2 Å². The van der Waals surface area contributed by atoms with E-state index in [4.69, 9.17) is 0 Å². The predicted octanol–water partition coefficient (Wildman–Crippen LogP) is 4.59. The average Bonchev–Trinajstić information content (AvgIpc) is 2.48. The van der Waals surface area contributed by atoms with E-state index >= 15 is 0 Å². The molecule has 1 saturated heterocycles. The molecule has 0 aliphatic carbocycles. The van der Waals surface area contributed by atoms with Gasteiger partial charge in [-0.25, -0.2) is 17.6 Å². The third-order valence-electron chi connectivity index (χ3n) is 3.22. The molecule has 1 aliphatic heterocycles. The van der Waals surface area contributed by atoms with Gasteiger partial charge in [0.25, 0.3) is 11.7 Å². The van der Waals surface area contributed by atoms with Crippen molar-refractivity contribution < 1.29 is 40.2 Å². The molecule has 0 radical (unpaired) electrons. The van der Waals surface area contributed by atoms with Crippen molar-refractivity contribution in [2.75, 3.05) is 0 Å². The largest absolute Gasteiger partial charge is 0.449 e. The zero-order chi connectivity index (χ0) is 16.9. The Hall–Kier alpha value is -0.570. The first-order valence-corrected chi connectivity index (χ1v) is 6.35. The summed E-state index contributed by atoms with van der Waals surface area (Å²) in [7, 11) is 0. The van der Waals surface area contributed by atoms with Crippen LogP contribution in [0.2, 0.25) is 0 Å². The van der Waals surface area contributed by atoms with Crippen molar-refractivity contribution in [1.82, 2.24) is 0 Å². The Morgan fingerprint density at radius 1 is 0.952 bits per heavy atom. The number of rotatable bonds is 4. The van der Waals surface area contributed by atoms with Gasteiger partial charge in [-0.1, -0.05) is 27.7 Å². The average molecular weight is 326 g/mol. The van der Waals surface area contributed by atoms with Crippen LogP contribution < -0.4 is 0 Å². The molecule has 126 valence electrons. The van der Waals surface area contributed by atoms with Crippen LogP contribution in [0.1, 0.15) is 34.1 Å². The summed E-state index contributed by atoms with van der Waals surface area (Å²) in [4.78, 5) is 0. The summed E-state index contributed by atoms with van der Waals surface area (Å²) in [5.41, 5.74) is 0. The van der Waals surface area contributed by atoms with E-state index < -0.39 is 48.4 Å². The highest BCUT2D eigenvalue weighted by molar-refractivity contribution is 5.02. The van der Waals surface area contributed by atoms with Gasteiger partial charge in [-0.3, -0.25) is 9.47 Å². The first-order chi connectivity index (χ1) is 9.22. The number of alkyl halides is 7. The van der Waals surface area contributed by atoms with Gasteiger partial charge < -0.3 is 0 Å². The smallest absolute Gasteiger partial charge is 0.295 e. The Balaban J connectivity index is 3.40. The molecular formula is C12H17F7O2. The number of ether oxygens (including phenoxy) is 2. The lowest BCUT2D eigenvalue weighted by atomic mass is 9.90. The molecule has 3 atom stereocenters. The molecule has 0 spiro atoms. The zero-order valence-corrected chi connectivity index (χ0v) is 11.9. The van der Waals surface area contributed by atoms with Crippen LogP contribution in [0.4, 0.5) is 30.7 Å². The van der Waals surface area contributed by atoms with Crippen LogP contribution in [0.25, 0.3) is 0 Å². The quantitative estimate of drug-likeness (QED) is 0.704. The SMILES string of the molecule is CC(C)CC1(F)OC(C(F)F)(C(F)(F)F)OC1(F)C(C)C. The molecule has 1 fully saturated rings. The number of hydrogen-bond acceptors (Lipinski definition) is 2. The molecular weight excluding hydrogens is 309 g/mol. The van der Waals surface area contributed by atoms with Gasteiger partial charge >= 0.3 is 18.4 Å². The van der Waals surface area contributed by atoms with Crippen LogP contribution in [-0.4, -0.2) is 30.1 Å². The predicted molar refractivity (Wildman–Crippen MR) is 58.9 cm³/mol. The molecule has 21 heavy (non-hydrogen) atoms. The van der Waals surface area contributed by atoms with Crippen LogP contribution in [0.5, 0.6) is 0 Å². The highest BCUT2D eigenvalue weighted by Gasteiger charge is 2.80. The Morgan fingerprint density at radius 3 is 1.71 bits per heavy atom. The van der Waals surface area contributed by atoms with Crippen molar-refractivity contribution in [1.29, 1.82) is 0 Å². The van der Waals surface area contributed by atoms with Gasteiger partial charge in [-0.2, -0.15) is 13.2 Å². The van der Waals surface area contributed by atoms with Crippen molar-refractivity contribution in [3.63, 3.8) is 0 Å². The van der Waals surface area contributed by atoms with Gasteiger partial charge in [0.1, 0.15) is 0 Å². The van der Waals surface area contributed by atoms with Crippen LogP contribution >= 0.6 is 0 Å². The minimum atomic E-state index is -5.79. The van der Waals surface area contributed by atoms with Crippen molar-refractivity contribution in [2.24, 2.45) is 11.8 Å². The Kier molecular flexibility index (Phi) is 4.63. The molecule has 0 bridgehead atoms. The normalized spacial score (nSPS) is 38.0. The molecule has 0 aromatic carbocycles. The number of halogens is 7. The topological polar surface area (TPSA) is 18.5 Å². The maximum absolute atomic E-state index is 14.7. The standard InChI is InChI=1S/C12H17F7O2/c1-6(2)5-9(15)10(16,7(3)4)21-11(20-9,8(13)14)12(17,18)19/h6-8H,5H2,1-4H3. The van der Waals surface area contributed by atoms with Gasteiger partial charge in [-0.05, 0) is 5.92 Å². The molecule has 1 aliphatic rings. The van der Waals surface area contributed by atoms with Gasteiger partial charge in [0, 0.05) is 12.3 Å². The van der Waals surface area contributed by atoms with E-state index in [0.29, 0.717) is 0 Å². The summed E-state index contributed by atoms with van der Waals surface area (Å²) in [5.74, 6) is -14.0. The first-order valence-electron chi connectivity index (χ1n) is 6.35. The fourth-order valence-electron chi connectivity index (χ4n) is 2.21. The monoisotopic (exact) mass is 326 g/mol. The molecule has 0 aromatic rings. The van der Waals surface area contributed by atoms with E-state index in [9.17, 15) is 30.7 Å². The molecule has 0 N–H and O–H groups in total. The second-order valence-corrected chi connectivity index (χ2v) is 5.80. The van der Waals surface area contributed by atoms with Gasteiger partial charge in [-0.15, -0.1) is 0 Å². The van der Waals surface area contributed by atoms with Crippen molar-refractivity contribution >= 4 is 0 Å². The summed E-state index contributed by atoms with van der Waals surface area (Å²) >= 11 is 0. The lowest BCUT2D eigenvalue weighted by Gasteiger charge is -2.33. The van der Waals surface area contributed by atoms with E-state index in [1.807, 2.05) is 0 Å². The summed E-state index contributed by atoms with van der Waals surface area (Å²) in [5, 5.41) is 0. The number of hydrogen-bond donors (Lipinski definition) is 0. The van der Waals surface area contributed by atoms with Crippen molar-refractivity contribution in [3.8, 4) is 0 Å². The first kappa shape index (κ1) is 18.5. The van der Waals surface area contributed by atoms with E-state index in [-0.39, 0.29) is 0 Å². The third-order valence-corrected chi connectivity index (χ3v) is 3.22. The molecule has 0 saturated carbocycles. The van der Waals surface area contributed by atoms with Crippen LogP contribution in [0, 0.1) is 11.8 Å². The summed E-state index contributed by atoms with van der Waals surface area (Å²) in [6, 6.07) is 0. The molecule has 9 heteroatoms. The maximum Gasteiger partial charge on any atom is 0.449 e. The summed E-state index contributed by atoms with van der Waals surface area (Å²) in [6.45, 7) is 4.83. The Morgan fingerprint density at radius 2 is 1.43 bits per heavy atom. The molecule has 2 nitrogen and oxygen atoms in total. The van der Waals surface area contributed by atoms with E-state index in [0.717, 1.165) is 13.8 Å². The molecule has 1 heterocycles. The summed E-state index contributed by atoms with van der Waals surface area (Å²) < 4.78 is 102. The third kappa shape index (κ3) is 2.74. The van der Waals surface area contributed by atoms with E-state index in [1.54, 1.807) is 0 Å². The van der Waals surface area contributed by atoms with Gasteiger partial charge in [0.05, 0.1) is 0 Å². The van der Waals surface area contributed by atoms with E-state index in [1.165, 1.54) is 13.8 Å². The van der Waals surface area contributed by atoms with Crippen LogP contribution in [0.3, 0.4) is 0 Å². The minimum Gasteiger partial charge on any atom is -0.295 e. The molecule has 0 aromatic heterocycles. The zero-order valence-electron chi connectivity index (χ0n) is 11.9. The molecule has 3 unspecified atom stereocenters. The maximum atomic E-state index is 14.7. The second-order valence-electron chi connectivity index (χ2n) is 5.80. The fourth-order valence-corrected chi connectivity index (χ4v) is 2.21. The van der Waals surface area contributed by atoms with Crippen LogP contribution in [-0.2, 0) is 9.47 Å². The van der Waals surface area contributed by atoms with Crippen molar-refractivity contribution in [3.05, 3.63) is 0 Å². The van der Waals surface area contributed by atoms with E-state index in [2.05, 4.69) is 9.47 Å². The highest BCUT2D eigenvalue weighted by Crippen LogP contribution is 2.58. The highest BCUT2D eigenvalue weighted by atomic mass is 19.4. The van der Waals surface area contributed by atoms with Gasteiger partial charge in [0.15, 0.2) is 0 Å². The Labute approximate surface area is 117 Å². The lowest BCUT2D eigenvalue weighted by molar-refractivity contribution is -0.405.